The smallest absolute Gasteiger partial charge is 0.351 e. The second kappa shape index (κ2) is 17.1. The van der Waals surface area contributed by atoms with Crippen molar-refractivity contribution in [3.05, 3.63) is 134 Å². The van der Waals surface area contributed by atoms with Crippen molar-refractivity contribution in [3.63, 3.8) is 0 Å². The molecule has 0 aliphatic carbocycles. The fraction of sp³-hybridized carbons (Fsp3) is 0.0588. The van der Waals surface area contributed by atoms with Crippen molar-refractivity contribution in [2.24, 2.45) is 0 Å². The molecule has 1 atom stereocenters. The zero-order chi connectivity index (χ0) is 38.7. The lowest BCUT2D eigenvalue weighted by Gasteiger charge is -2.15. The Hall–Kier alpha value is -3.45. The third kappa shape index (κ3) is 9.15. The van der Waals surface area contributed by atoms with E-state index in [1.807, 2.05) is 18.2 Å². The van der Waals surface area contributed by atoms with Gasteiger partial charge in [0.25, 0.3) is 0 Å². The Labute approximate surface area is 346 Å². The fourth-order valence-electron chi connectivity index (χ4n) is 5.49. The molecule has 5 aromatic heterocycles. The summed E-state index contributed by atoms with van der Waals surface area (Å²) in [5, 5.41) is 12.1. The maximum absolute atomic E-state index is 12.4. The molecule has 276 valence electrons. The molecular weight excluding hydrogens is 883 g/mol. The normalized spacial score (nSPS) is 13.3. The minimum Gasteiger partial charge on any atom is -0.371 e. The molecule has 11 nitrogen and oxygen atoms in total. The van der Waals surface area contributed by atoms with Crippen molar-refractivity contribution in [3.8, 4) is 44.8 Å². The van der Waals surface area contributed by atoms with Crippen molar-refractivity contribution >= 4 is 108 Å². The SMILES string of the molecule is Clc1ccc(-c2c(-c3ccncc3)nc(Cl)n3ccnc23)cc1Cl.O=P(Cl)(Cl)Cl.O=c1nc(-c2ccncc2)c(-c2ccc(Cl)c(Cl)c2)c2n1C(O)CN2. The third-order valence-electron chi connectivity index (χ3n) is 7.71. The summed E-state index contributed by atoms with van der Waals surface area (Å²) >= 11 is 44.6. The number of halogens is 8. The van der Waals surface area contributed by atoms with E-state index in [4.69, 9.17) is 58.0 Å². The summed E-state index contributed by atoms with van der Waals surface area (Å²) in [6.07, 6.45) is 9.15. The average molecular weight is 904 g/mol. The van der Waals surface area contributed by atoms with E-state index in [9.17, 15) is 14.5 Å². The van der Waals surface area contributed by atoms with Crippen molar-refractivity contribution in [2.75, 3.05) is 11.9 Å². The molecule has 0 saturated carbocycles. The van der Waals surface area contributed by atoms with Gasteiger partial charge in [-0.2, -0.15) is 4.98 Å². The third-order valence-corrected chi connectivity index (χ3v) is 9.45. The van der Waals surface area contributed by atoms with E-state index in [0.717, 1.165) is 27.8 Å². The molecule has 0 bridgehead atoms. The van der Waals surface area contributed by atoms with Crippen LogP contribution in [0.4, 0.5) is 5.82 Å². The van der Waals surface area contributed by atoms with Gasteiger partial charge in [0.1, 0.15) is 11.5 Å². The van der Waals surface area contributed by atoms with Crippen LogP contribution in [-0.2, 0) is 4.57 Å². The first-order valence-corrected chi connectivity index (χ1v) is 21.5. The summed E-state index contributed by atoms with van der Waals surface area (Å²) in [6, 6.07) is 17.9. The lowest BCUT2D eigenvalue weighted by atomic mass is 10.00. The van der Waals surface area contributed by atoms with Crippen LogP contribution in [0.1, 0.15) is 6.23 Å². The summed E-state index contributed by atoms with van der Waals surface area (Å²) in [5.74, 6) is 0.498. The van der Waals surface area contributed by atoms with E-state index in [2.05, 4.69) is 64.0 Å². The standard InChI is InChI=1S/C17H9Cl3N4.C17H12Cl2N4O2.Cl3OP/c18-12-2-1-11(9-13(12)19)14-15(10-3-5-21-6-4-10)23-17(20)24-8-7-22-16(14)24;18-11-2-1-10(7-12(11)19)14-15(9-3-5-20-6-4-9)22-17(25)23-13(24)8-21-16(14)23;1-5(2,3)4/h1-9H;1-7,13,21,24H,8H2;. The van der Waals surface area contributed by atoms with Gasteiger partial charge in [0.05, 0.1) is 43.6 Å². The number of aromatic nitrogens is 7. The number of fused-ring (bicyclic) bond motifs is 2. The highest BCUT2D eigenvalue weighted by molar-refractivity contribution is 8.24. The monoisotopic (exact) mass is 900 g/mol. The number of benzene rings is 2. The molecule has 2 aromatic carbocycles. The first kappa shape index (κ1) is 40.2. The summed E-state index contributed by atoms with van der Waals surface area (Å²) in [5.41, 5.74) is 6.07. The number of hydrogen-bond acceptors (Lipinski definition) is 9. The van der Waals surface area contributed by atoms with Gasteiger partial charge in [-0.25, -0.2) is 19.3 Å². The Morgan fingerprint density at radius 3 is 1.70 bits per heavy atom. The van der Waals surface area contributed by atoms with Crippen LogP contribution in [0.5, 0.6) is 0 Å². The number of hydrogen-bond donors (Lipinski definition) is 2. The number of rotatable bonds is 4. The Morgan fingerprint density at radius 1 is 0.685 bits per heavy atom. The van der Waals surface area contributed by atoms with Gasteiger partial charge in [0, 0.05) is 53.9 Å². The van der Waals surface area contributed by atoms with Crippen LogP contribution in [0.25, 0.3) is 50.4 Å². The minimum atomic E-state index is -3.22. The molecule has 1 aliphatic rings. The van der Waals surface area contributed by atoms with Gasteiger partial charge in [-0.3, -0.25) is 18.9 Å². The fourth-order valence-corrected chi connectivity index (χ4v) is 6.31. The minimum absolute atomic E-state index is 0.227. The predicted octanol–water partition coefficient (Wildman–Crippen LogP) is 11.4. The lowest BCUT2D eigenvalue weighted by molar-refractivity contribution is 0.127. The number of imidazole rings is 1. The molecule has 54 heavy (non-hydrogen) atoms. The molecule has 0 fully saturated rings. The molecule has 2 N–H and O–H groups in total. The van der Waals surface area contributed by atoms with Crippen molar-refractivity contribution in [1.82, 2.24) is 33.9 Å². The summed E-state index contributed by atoms with van der Waals surface area (Å²) in [7, 11) is 0. The van der Waals surface area contributed by atoms with Crippen LogP contribution < -0.4 is 11.0 Å². The van der Waals surface area contributed by atoms with Gasteiger partial charge in [-0.15, -0.1) is 0 Å². The molecular formula is C34H21Cl8N8O3P. The largest absolute Gasteiger partial charge is 0.371 e. The van der Waals surface area contributed by atoms with E-state index in [1.54, 1.807) is 84.0 Å². The van der Waals surface area contributed by atoms with Gasteiger partial charge in [0.2, 0.25) is 5.28 Å². The molecule has 0 saturated heterocycles. The first-order chi connectivity index (χ1) is 25.7. The number of nitrogens with one attached hydrogen (secondary N) is 1. The van der Waals surface area contributed by atoms with Crippen molar-refractivity contribution in [2.45, 2.75) is 6.23 Å². The number of aliphatic hydroxyl groups excluding tert-OH is 1. The molecule has 20 heteroatoms. The maximum Gasteiger partial charge on any atom is 0.351 e. The van der Waals surface area contributed by atoms with Crippen molar-refractivity contribution < 1.29 is 9.67 Å². The Kier molecular flexibility index (Phi) is 12.8. The second-order valence-electron chi connectivity index (χ2n) is 11.1. The number of anilines is 1. The summed E-state index contributed by atoms with van der Waals surface area (Å²) < 4.78 is 12.5. The van der Waals surface area contributed by atoms with Crippen LogP contribution in [0, 0.1) is 0 Å². The zero-order valence-corrected chi connectivity index (χ0v) is 33.8. The van der Waals surface area contributed by atoms with Gasteiger partial charge in [0.15, 0.2) is 6.23 Å². The van der Waals surface area contributed by atoms with Gasteiger partial charge in [-0.05, 0) is 105 Å². The van der Waals surface area contributed by atoms with E-state index < -0.39 is 17.1 Å². The lowest BCUT2D eigenvalue weighted by Crippen LogP contribution is -2.25. The summed E-state index contributed by atoms with van der Waals surface area (Å²) in [6.45, 7) is 0.227. The van der Waals surface area contributed by atoms with Crippen LogP contribution >= 0.6 is 96.9 Å². The molecule has 0 spiro atoms. The second-order valence-corrected chi connectivity index (χ2v) is 19.7. The summed E-state index contributed by atoms with van der Waals surface area (Å²) in [4.78, 5) is 33.7. The Morgan fingerprint density at radius 2 is 1.19 bits per heavy atom. The maximum atomic E-state index is 12.4. The Bertz CT molecular complexity index is 2580. The van der Waals surface area contributed by atoms with Gasteiger partial charge < -0.3 is 10.4 Å². The number of nitrogens with zero attached hydrogens (tertiary/aromatic N) is 7. The molecule has 0 amide bonds. The topological polar surface area (TPSA) is 140 Å². The first-order valence-electron chi connectivity index (χ1n) is 15.2. The molecule has 6 heterocycles. The molecule has 1 aliphatic heterocycles. The predicted molar refractivity (Wildman–Crippen MR) is 219 cm³/mol. The van der Waals surface area contributed by atoms with Crippen LogP contribution in [0.2, 0.25) is 25.4 Å². The number of aliphatic hydroxyl groups is 1. The highest BCUT2D eigenvalue weighted by atomic mass is 36.0. The van der Waals surface area contributed by atoms with Crippen LogP contribution in [0.3, 0.4) is 0 Å². The van der Waals surface area contributed by atoms with Crippen LogP contribution in [-0.4, -0.2) is 45.5 Å². The molecule has 7 aromatic rings. The quantitative estimate of drug-likeness (QED) is 0.130. The van der Waals surface area contributed by atoms with Gasteiger partial charge in [-0.1, -0.05) is 58.5 Å². The van der Waals surface area contributed by atoms with Gasteiger partial charge >= 0.3 is 10.9 Å². The molecule has 0 radical (unpaired) electrons. The van der Waals surface area contributed by atoms with Crippen molar-refractivity contribution in [1.29, 1.82) is 0 Å². The Balaban J connectivity index is 0.000000164. The van der Waals surface area contributed by atoms with E-state index in [1.165, 1.54) is 4.57 Å². The molecule has 8 rings (SSSR count). The number of pyridine rings is 2. The molecule has 1 unspecified atom stereocenters. The average Bonchev–Trinajstić information content (AvgIpc) is 3.79. The zero-order valence-electron chi connectivity index (χ0n) is 26.9. The van der Waals surface area contributed by atoms with Crippen LogP contribution in [0.15, 0.2) is 103 Å². The highest BCUT2D eigenvalue weighted by Gasteiger charge is 2.28. The number of β-amino-alcohol motifs (C(OH)–C–C–N with tert-alkyl or cyclic N) is 1. The van der Waals surface area contributed by atoms with E-state index >= 15 is 0 Å². The highest BCUT2D eigenvalue weighted by Crippen LogP contribution is 2.61. The van der Waals surface area contributed by atoms with E-state index in [-0.39, 0.29) is 6.54 Å². The van der Waals surface area contributed by atoms with E-state index in [0.29, 0.717) is 53.8 Å².